The van der Waals surface area contributed by atoms with Crippen molar-refractivity contribution >= 4 is 22.8 Å². The van der Waals surface area contributed by atoms with E-state index >= 15 is 0 Å². The van der Waals surface area contributed by atoms with Crippen molar-refractivity contribution in [3.8, 4) is 0 Å². The summed E-state index contributed by atoms with van der Waals surface area (Å²) >= 11 is 0. The van der Waals surface area contributed by atoms with E-state index in [1.807, 2.05) is 91.0 Å². The van der Waals surface area contributed by atoms with E-state index in [2.05, 4.69) is 5.10 Å². The normalized spacial score (nSPS) is 15.0. The quantitative estimate of drug-likeness (QED) is 0.313. The highest BCUT2D eigenvalue weighted by atomic mass is 16.5. The van der Waals surface area contributed by atoms with Crippen molar-refractivity contribution in [1.82, 2.24) is 5.01 Å². The highest BCUT2D eigenvalue weighted by Gasteiger charge is 2.40. The lowest BCUT2D eigenvalue weighted by molar-refractivity contribution is -0.138. The van der Waals surface area contributed by atoms with Crippen LogP contribution in [0.4, 0.5) is 0 Å². The molecule has 0 spiro atoms. The predicted octanol–water partition coefficient (Wildman–Crippen LogP) is 5.84. The first-order chi connectivity index (χ1) is 18.2. The fourth-order valence-electron chi connectivity index (χ4n) is 4.56. The molecule has 5 aromatic rings. The smallest absolute Gasteiger partial charge is 0.258 e. The van der Waals surface area contributed by atoms with Gasteiger partial charge in [-0.1, -0.05) is 91.0 Å². The monoisotopic (exact) mass is 486 g/mol. The number of nitrogens with zero attached hydrogens (tertiary/aromatic N) is 2. The second kappa shape index (κ2) is 9.59. The first-order valence-electron chi connectivity index (χ1n) is 11.9. The molecule has 1 amide bonds. The van der Waals surface area contributed by atoms with Gasteiger partial charge in [0.2, 0.25) is 17.6 Å². The van der Waals surface area contributed by atoms with Crippen LogP contribution in [0.5, 0.6) is 0 Å². The zero-order valence-corrected chi connectivity index (χ0v) is 19.7. The number of benzene rings is 4. The average Bonchev–Trinajstić information content (AvgIpc) is 3.41. The van der Waals surface area contributed by atoms with Crippen LogP contribution in [0.1, 0.15) is 34.4 Å². The van der Waals surface area contributed by atoms with Gasteiger partial charge in [0.05, 0.1) is 16.9 Å². The minimum Gasteiger partial charge on any atom is -0.464 e. The van der Waals surface area contributed by atoms with Gasteiger partial charge in [-0.15, -0.1) is 5.10 Å². The lowest BCUT2D eigenvalue weighted by atomic mass is 9.90. The Kier molecular flexibility index (Phi) is 5.83. The number of ether oxygens (including phenoxy) is 1. The second-order valence-electron chi connectivity index (χ2n) is 8.69. The highest BCUT2D eigenvalue weighted by molar-refractivity contribution is 5.97. The van der Waals surface area contributed by atoms with Gasteiger partial charge in [0, 0.05) is 5.56 Å². The summed E-state index contributed by atoms with van der Waals surface area (Å²) in [6.45, 7) is 0. The topological polar surface area (TPSA) is 72.1 Å². The standard InChI is InChI=1S/C31H22N2O4/c34-28-24-18-10-11-19-26(24)36-20-25(28)31-33(32-29(37-31)23-16-8-3-9-17-23)30(35)27(21-12-4-1-5-13-21)22-14-6-2-7-15-22/h1-20,27,31H. The number of carbonyl (C=O) groups is 1. The Bertz CT molecular complexity index is 1610. The summed E-state index contributed by atoms with van der Waals surface area (Å²) in [5.74, 6) is -0.716. The van der Waals surface area contributed by atoms with E-state index in [1.165, 1.54) is 11.3 Å². The molecule has 2 heterocycles. The van der Waals surface area contributed by atoms with Gasteiger partial charge in [-0.05, 0) is 35.4 Å². The number of amides is 1. The Morgan fingerprint density at radius 2 is 1.32 bits per heavy atom. The number of carbonyl (C=O) groups excluding carboxylic acids is 1. The van der Waals surface area contributed by atoms with E-state index in [0.29, 0.717) is 16.5 Å². The van der Waals surface area contributed by atoms with Gasteiger partial charge in [0.15, 0.2) is 0 Å². The molecule has 6 rings (SSSR count). The maximum absolute atomic E-state index is 14.3. The molecule has 4 aromatic carbocycles. The summed E-state index contributed by atoms with van der Waals surface area (Å²) in [6, 6.07) is 35.3. The van der Waals surface area contributed by atoms with Gasteiger partial charge in [0.25, 0.3) is 5.91 Å². The SMILES string of the molecule is O=C(C(c1ccccc1)c1ccccc1)N1N=C(c2ccccc2)OC1c1coc2ccccc2c1=O. The average molecular weight is 487 g/mol. The number of fused-ring (bicyclic) bond motifs is 1. The van der Waals surface area contributed by atoms with Gasteiger partial charge in [-0.25, -0.2) is 0 Å². The molecule has 6 nitrogen and oxygen atoms in total. The number of hydrazone groups is 1. The molecule has 0 aliphatic carbocycles. The zero-order chi connectivity index (χ0) is 25.2. The molecular formula is C31H22N2O4. The molecule has 0 saturated heterocycles. The van der Waals surface area contributed by atoms with Crippen LogP contribution in [0.25, 0.3) is 11.0 Å². The van der Waals surface area contributed by atoms with Crippen LogP contribution < -0.4 is 5.43 Å². The van der Waals surface area contributed by atoms with E-state index in [-0.39, 0.29) is 22.8 Å². The van der Waals surface area contributed by atoms with Crippen molar-refractivity contribution in [3.63, 3.8) is 0 Å². The first-order valence-corrected chi connectivity index (χ1v) is 11.9. The van der Waals surface area contributed by atoms with Crippen LogP contribution in [0.15, 0.2) is 136 Å². The predicted molar refractivity (Wildman–Crippen MR) is 141 cm³/mol. The van der Waals surface area contributed by atoms with Crippen LogP contribution in [0, 0.1) is 0 Å². The summed E-state index contributed by atoms with van der Waals surface area (Å²) in [7, 11) is 0. The summed E-state index contributed by atoms with van der Waals surface area (Å²) in [4.78, 5) is 27.8. The van der Waals surface area contributed by atoms with Gasteiger partial charge in [0.1, 0.15) is 11.8 Å². The molecule has 0 fully saturated rings. The van der Waals surface area contributed by atoms with Crippen LogP contribution in [0.3, 0.4) is 0 Å². The van der Waals surface area contributed by atoms with Gasteiger partial charge in [-0.3, -0.25) is 9.59 Å². The van der Waals surface area contributed by atoms with Gasteiger partial charge < -0.3 is 9.15 Å². The Balaban J connectivity index is 1.49. The van der Waals surface area contributed by atoms with Crippen molar-refractivity contribution in [2.24, 2.45) is 5.10 Å². The molecule has 0 radical (unpaired) electrons. The van der Waals surface area contributed by atoms with Crippen molar-refractivity contribution < 1.29 is 13.9 Å². The third-order valence-electron chi connectivity index (χ3n) is 6.38. The van der Waals surface area contributed by atoms with E-state index in [1.54, 1.807) is 24.3 Å². The summed E-state index contributed by atoms with van der Waals surface area (Å²) < 4.78 is 12.0. The fraction of sp³-hybridized carbons (Fsp3) is 0.0645. The molecule has 1 unspecified atom stereocenters. The number of para-hydroxylation sites is 1. The molecule has 1 aliphatic heterocycles. The van der Waals surface area contributed by atoms with Gasteiger partial charge >= 0.3 is 0 Å². The number of hydrogen-bond donors (Lipinski definition) is 0. The van der Waals surface area contributed by atoms with E-state index < -0.39 is 12.1 Å². The Morgan fingerprint density at radius 1 is 0.757 bits per heavy atom. The molecule has 0 saturated carbocycles. The largest absolute Gasteiger partial charge is 0.464 e. The molecule has 180 valence electrons. The highest BCUT2D eigenvalue weighted by Crippen LogP contribution is 2.35. The molecule has 0 bridgehead atoms. The number of hydrogen-bond acceptors (Lipinski definition) is 5. The third kappa shape index (κ3) is 4.19. The van der Waals surface area contributed by atoms with Crippen LogP contribution in [-0.4, -0.2) is 16.8 Å². The molecule has 1 aliphatic rings. The molecule has 1 aromatic heterocycles. The van der Waals surface area contributed by atoms with Crippen molar-refractivity contribution in [2.45, 2.75) is 12.1 Å². The molecule has 1 atom stereocenters. The van der Waals surface area contributed by atoms with Crippen molar-refractivity contribution in [2.75, 3.05) is 0 Å². The van der Waals surface area contributed by atoms with Crippen molar-refractivity contribution in [1.29, 1.82) is 0 Å². The van der Waals surface area contributed by atoms with Gasteiger partial charge in [-0.2, -0.15) is 5.01 Å². The van der Waals surface area contributed by atoms with Crippen LogP contribution in [-0.2, 0) is 9.53 Å². The zero-order valence-electron chi connectivity index (χ0n) is 19.7. The van der Waals surface area contributed by atoms with E-state index in [4.69, 9.17) is 9.15 Å². The second-order valence-corrected chi connectivity index (χ2v) is 8.69. The number of rotatable bonds is 5. The minimum atomic E-state index is -1.08. The van der Waals surface area contributed by atoms with Crippen LogP contribution in [0.2, 0.25) is 0 Å². The van der Waals surface area contributed by atoms with E-state index in [9.17, 15) is 9.59 Å². The molecule has 0 N–H and O–H groups in total. The molecule has 6 heteroatoms. The maximum Gasteiger partial charge on any atom is 0.258 e. The molecular weight excluding hydrogens is 464 g/mol. The molecule has 37 heavy (non-hydrogen) atoms. The fourth-order valence-corrected chi connectivity index (χ4v) is 4.56. The summed E-state index contributed by atoms with van der Waals surface area (Å²) in [5.41, 5.74) is 2.70. The summed E-state index contributed by atoms with van der Waals surface area (Å²) in [5, 5.41) is 6.29. The van der Waals surface area contributed by atoms with E-state index in [0.717, 1.165) is 11.1 Å². The Morgan fingerprint density at radius 3 is 1.97 bits per heavy atom. The lowest BCUT2D eigenvalue weighted by Crippen LogP contribution is -2.35. The Labute approximate surface area is 213 Å². The summed E-state index contributed by atoms with van der Waals surface area (Å²) in [6.07, 6.45) is 0.275. The first kappa shape index (κ1) is 22.5. The minimum absolute atomic E-state index is 0.196. The lowest BCUT2D eigenvalue weighted by Gasteiger charge is -2.25. The maximum atomic E-state index is 14.3. The third-order valence-corrected chi connectivity index (χ3v) is 6.38. The van der Waals surface area contributed by atoms with Crippen LogP contribution >= 0.6 is 0 Å². The Hall–Kier alpha value is -4.97. The van der Waals surface area contributed by atoms with Crippen molar-refractivity contribution in [3.05, 3.63) is 154 Å².